The molecule has 124 valence electrons. The summed E-state index contributed by atoms with van der Waals surface area (Å²) in [5.74, 6) is -0.372. The Morgan fingerprint density at radius 3 is 2.79 bits per heavy atom. The molecule has 0 saturated heterocycles. The van der Waals surface area contributed by atoms with Crippen LogP contribution in [0.15, 0.2) is 58.3 Å². The molecule has 0 bridgehead atoms. The van der Waals surface area contributed by atoms with Gasteiger partial charge in [0.25, 0.3) is 0 Å². The molecule has 0 fully saturated rings. The Labute approximate surface area is 139 Å². The van der Waals surface area contributed by atoms with E-state index in [1.165, 1.54) is 12.5 Å². The van der Waals surface area contributed by atoms with Crippen LogP contribution < -0.4 is 15.5 Å². The number of nitrogens with zero attached hydrogens (tertiary/aromatic N) is 1. The van der Waals surface area contributed by atoms with E-state index in [2.05, 4.69) is 15.8 Å². The highest BCUT2D eigenvalue weighted by molar-refractivity contribution is 6.35. The number of hydrazone groups is 1. The average molecular weight is 327 g/mol. The number of benzene rings is 1. The van der Waals surface area contributed by atoms with Gasteiger partial charge in [-0.15, -0.1) is 0 Å². The number of ether oxygens (including phenoxy) is 1. The molecule has 7 heteroatoms. The lowest BCUT2D eigenvalue weighted by molar-refractivity contribution is -0.139. The van der Waals surface area contributed by atoms with Crippen molar-refractivity contribution in [3.63, 3.8) is 0 Å². The molecule has 1 aromatic heterocycles. The van der Waals surface area contributed by atoms with Gasteiger partial charge in [-0.3, -0.25) is 9.59 Å². The maximum Gasteiger partial charge on any atom is 0.329 e. The van der Waals surface area contributed by atoms with Gasteiger partial charge in [-0.05, 0) is 30.4 Å². The highest BCUT2D eigenvalue weighted by Gasteiger charge is 2.12. The number of furan rings is 1. The number of amides is 2. The second kappa shape index (κ2) is 8.94. The molecule has 24 heavy (non-hydrogen) atoms. The van der Waals surface area contributed by atoms with Gasteiger partial charge in [0.2, 0.25) is 0 Å². The van der Waals surface area contributed by atoms with E-state index in [1.807, 2.05) is 24.3 Å². The number of carbonyl (C=O) groups is 2. The van der Waals surface area contributed by atoms with Crippen LogP contribution in [0.4, 0.5) is 0 Å². The van der Waals surface area contributed by atoms with E-state index in [0.717, 1.165) is 11.3 Å². The Bertz CT molecular complexity index is 736. The van der Waals surface area contributed by atoms with Crippen molar-refractivity contribution in [1.82, 2.24) is 10.7 Å². The van der Waals surface area contributed by atoms with E-state index >= 15 is 0 Å². The minimum atomic E-state index is -0.858. The highest BCUT2D eigenvalue weighted by atomic mass is 16.5. The van der Waals surface area contributed by atoms with Crippen LogP contribution in [0.3, 0.4) is 0 Å². The number of hydrogen-bond donors (Lipinski definition) is 2. The van der Waals surface area contributed by atoms with Crippen molar-refractivity contribution >= 4 is 24.1 Å². The largest absolute Gasteiger partial charge is 0.496 e. The summed E-state index contributed by atoms with van der Waals surface area (Å²) in [6.07, 6.45) is 6.24. The number of hydrogen-bond acceptors (Lipinski definition) is 5. The van der Waals surface area contributed by atoms with Crippen LogP contribution in [-0.2, 0) is 16.1 Å². The lowest BCUT2D eigenvalue weighted by atomic mass is 10.2. The van der Waals surface area contributed by atoms with Gasteiger partial charge in [-0.2, -0.15) is 5.10 Å². The fraction of sp³-hybridized carbons (Fsp3) is 0.118. The predicted molar refractivity (Wildman–Crippen MR) is 89.2 cm³/mol. The van der Waals surface area contributed by atoms with Crippen molar-refractivity contribution < 1.29 is 18.7 Å². The summed E-state index contributed by atoms with van der Waals surface area (Å²) in [6.45, 7) is 0.136. The van der Waals surface area contributed by atoms with Gasteiger partial charge in [-0.1, -0.05) is 18.2 Å². The molecule has 0 aliphatic heterocycles. The molecule has 0 unspecified atom stereocenters. The first kappa shape index (κ1) is 17.0. The van der Waals surface area contributed by atoms with Crippen molar-refractivity contribution in [2.75, 3.05) is 7.11 Å². The third kappa shape index (κ3) is 5.13. The van der Waals surface area contributed by atoms with E-state index in [0.29, 0.717) is 5.76 Å². The Hall–Kier alpha value is -3.35. The highest BCUT2D eigenvalue weighted by Crippen LogP contribution is 2.18. The van der Waals surface area contributed by atoms with E-state index in [1.54, 1.807) is 31.4 Å². The van der Waals surface area contributed by atoms with E-state index < -0.39 is 11.8 Å². The summed E-state index contributed by atoms with van der Waals surface area (Å²) in [6, 6.07) is 10.8. The van der Waals surface area contributed by atoms with Crippen LogP contribution >= 0.6 is 0 Å². The Morgan fingerprint density at radius 2 is 2.04 bits per heavy atom. The van der Waals surface area contributed by atoms with Gasteiger partial charge >= 0.3 is 11.8 Å². The molecule has 0 radical (unpaired) electrons. The number of para-hydroxylation sites is 1. The normalized spacial score (nSPS) is 10.9. The smallest absolute Gasteiger partial charge is 0.329 e. The maximum atomic E-state index is 11.5. The van der Waals surface area contributed by atoms with Crippen LogP contribution in [0.1, 0.15) is 11.3 Å². The van der Waals surface area contributed by atoms with Gasteiger partial charge in [0, 0.05) is 11.8 Å². The molecule has 2 rings (SSSR count). The predicted octanol–water partition coefficient (Wildman–Crippen LogP) is 1.72. The second-order valence-electron chi connectivity index (χ2n) is 4.58. The van der Waals surface area contributed by atoms with Crippen molar-refractivity contribution in [1.29, 1.82) is 0 Å². The lowest BCUT2D eigenvalue weighted by Crippen LogP contribution is -2.37. The number of nitrogens with one attached hydrogen (secondary N) is 2. The molecule has 2 amide bonds. The molecule has 0 atom stereocenters. The Morgan fingerprint density at radius 1 is 1.21 bits per heavy atom. The fourth-order valence-electron chi connectivity index (χ4n) is 1.80. The molecule has 0 aliphatic rings. The topological polar surface area (TPSA) is 92.9 Å². The van der Waals surface area contributed by atoms with Gasteiger partial charge < -0.3 is 14.5 Å². The maximum absolute atomic E-state index is 11.5. The zero-order chi connectivity index (χ0) is 17.2. The van der Waals surface area contributed by atoms with Gasteiger partial charge in [-0.25, -0.2) is 5.43 Å². The monoisotopic (exact) mass is 327 g/mol. The number of carbonyl (C=O) groups excluding carboxylic acids is 2. The SMILES string of the molecule is COc1ccccc1C=CC=NNC(=O)C(=O)NCc1ccco1. The molecule has 0 spiro atoms. The third-order valence-corrected chi connectivity index (χ3v) is 2.95. The fourth-order valence-corrected chi connectivity index (χ4v) is 1.80. The molecule has 0 aliphatic carbocycles. The summed E-state index contributed by atoms with van der Waals surface area (Å²) >= 11 is 0. The van der Waals surface area contributed by atoms with Crippen LogP contribution in [0.5, 0.6) is 5.75 Å². The lowest BCUT2D eigenvalue weighted by Gasteiger charge is -2.02. The van der Waals surface area contributed by atoms with Crippen molar-refractivity contribution in [3.8, 4) is 5.75 Å². The zero-order valence-corrected chi connectivity index (χ0v) is 13.1. The van der Waals surface area contributed by atoms with Gasteiger partial charge in [0.15, 0.2) is 0 Å². The molecule has 0 saturated carbocycles. The summed E-state index contributed by atoms with van der Waals surface area (Å²) in [7, 11) is 1.59. The molecule has 1 heterocycles. The summed E-state index contributed by atoms with van der Waals surface area (Å²) < 4.78 is 10.2. The van der Waals surface area contributed by atoms with Gasteiger partial charge in [0.1, 0.15) is 11.5 Å². The minimum Gasteiger partial charge on any atom is -0.496 e. The summed E-state index contributed by atoms with van der Waals surface area (Å²) in [4.78, 5) is 23.1. The minimum absolute atomic E-state index is 0.136. The summed E-state index contributed by atoms with van der Waals surface area (Å²) in [5, 5.41) is 6.08. The molecule has 7 nitrogen and oxygen atoms in total. The quantitative estimate of drug-likeness (QED) is 0.480. The van der Waals surface area contributed by atoms with Crippen LogP contribution in [0.25, 0.3) is 6.08 Å². The van der Waals surface area contributed by atoms with Crippen LogP contribution in [-0.4, -0.2) is 25.1 Å². The average Bonchev–Trinajstić information content (AvgIpc) is 3.13. The van der Waals surface area contributed by atoms with Crippen molar-refractivity contribution in [2.45, 2.75) is 6.54 Å². The summed E-state index contributed by atoms with van der Waals surface area (Å²) in [5.41, 5.74) is 3.00. The standard InChI is InChI=1S/C17H17N3O4/c1-23-15-9-3-2-6-13(15)7-4-10-19-20-17(22)16(21)18-12-14-8-5-11-24-14/h2-11H,12H2,1H3,(H,18,21)(H,20,22). The van der Waals surface area contributed by atoms with E-state index in [4.69, 9.17) is 9.15 Å². The first-order chi connectivity index (χ1) is 11.7. The Balaban J connectivity index is 1.77. The molecule has 2 aromatic rings. The van der Waals surface area contributed by atoms with Crippen molar-refractivity contribution in [3.05, 3.63) is 60.1 Å². The van der Waals surface area contributed by atoms with Crippen LogP contribution in [0, 0.1) is 0 Å². The number of rotatable bonds is 6. The zero-order valence-electron chi connectivity index (χ0n) is 13.1. The molecular weight excluding hydrogens is 310 g/mol. The number of methoxy groups -OCH3 is 1. The molecule has 1 aromatic carbocycles. The first-order valence-electron chi connectivity index (χ1n) is 7.14. The molecular formula is C17H17N3O4. The van der Waals surface area contributed by atoms with Gasteiger partial charge in [0.05, 0.1) is 19.9 Å². The number of allylic oxidation sites excluding steroid dienone is 1. The third-order valence-electron chi connectivity index (χ3n) is 2.95. The second-order valence-corrected chi connectivity index (χ2v) is 4.58. The van der Waals surface area contributed by atoms with E-state index in [9.17, 15) is 9.59 Å². The first-order valence-corrected chi connectivity index (χ1v) is 7.14. The van der Waals surface area contributed by atoms with E-state index in [-0.39, 0.29) is 6.54 Å². The van der Waals surface area contributed by atoms with Crippen molar-refractivity contribution in [2.24, 2.45) is 5.10 Å². The molecule has 2 N–H and O–H groups in total. The van der Waals surface area contributed by atoms with Crippen LogP contribution in [0.2, 0.25) is 0 Å². The Kier molecular flexibility index (Phi) is 6.34.